The third kappa shape index (κ3) is 3.40. The van der Waals surface area contributed by atoms with Gasteiger partial charge in [-0.15, -0.1) is 11.3 Å². The number of thiophene rings is 1. The molecule has 4 nitrogen and oxygen atoms in total. The Hall–Kier alpha value is -0.720. The van der Waals surface area contributed by atoms with E-state index in [1.165, 1.54) is 11.9 Å². The number of hydrazone groups is 1. The number of hydrogen-bond donors (Lipinski definition) is 1. The topological polar surface area (TPSA) is 40.0 Å². The molecule has 1 atom stereocenters. The van der Waals surface area contributed by atoms with Crippen LogP contribution in [-0.4, -0.2) is 30.8 Å². The molecule has 1 aromatic heterocycles. The van der Waals surface area contributed by atoms with E-state index in [0.717, 1.165) is 27.5 Å². The number of rotatable bonds is 3. The number of nitrogens with zero attached hydrogens (tertiary/aromatic N) is 3. The van der Waals surface area contributed by atoms with Crippen molar-refractivity contribution in [3.63, 3.8) is 0 Å². The largest absolute Gasteiger partial charge is 0.294 e. The number of halogens is 1. The molecule has 0 saturated carbocycles. The van der Waals surface area contributed by atoms with Crippen LogP contribution >= 0.6 is 34.9 Å². The zero-order valence-corrected chi connectivity index (χ0v) is 12.6. The van der Waals surface area contributed by atoms with E-state index in [0.29, 0.717) is 5.92 Å². The Morgan fingerprint density at radius 3 is 3.11 bits per heavy atom. The van der Waals surface area contributed by atoms with Crippen molar-refractivity contribution in [1.29, 1.82) is 0 Å². The molecule has 0 fully saturated rings. The highest BCUT2D eigenvalue weighted by Crippen LogP contribution is 2.28. The van der Waals surface area contributed by atoms with Crippen molar-refractivity contribution in [2.24, 2.45) is 16.0 Å². The van der Waals surface area contributed by atoms with Crippen molar-refractivity contribution in [2.75, 3.05) is 13.6 Å². The summed E-state index contributed by atoms with van der Waals surface area (Å²) in [6.45, 7) is 3.06. The first-order valence-corrected chi connectivity index (χ1v) is 7.70. The summed E-state index contributed by atoms with van der Waals surface area (Å²) in [4.78, 5) is 4.23. The lowest BCUT2D eigenvalue weighted by molar-refractivity contribution is 0.432. The van der Waals surface area contributed by atoms with Crippen LogP contribution in [0.15, 0.2) is 26.4 Å². The quantitative estimate of drug-likeness (QED) is 0.529. The Bertz CT molecular complexity index is 458. The van der Waals surface area contributed by atoms with Gasteiger partial charge in [0.1, 0.15) is 0 Å². The summed E-state index contributed by atoms with van der Waals surface area (Å²) in [5.74, 6) is 1.29. The summed E-state index contributed by atoms with van der Waals surface area (Å²) in [7, 11) is 1.76. The van der Waals surface area contributed by atoms with Gasteiger partial charge >= 0.3 is 0 Å². The molecule has 0 bridgehead atoms. The number of guanidine groups is 1. The van der Waals surface area contributed by atoms with Gasteiger partial charge in [-0.05, 0) is 30.5 Å². The molecular formula is C11H15ClN4S2. The Kier molecular flexibility index (Phi) is 4.91. The summed E-state index contributed by atoms with van der Waals surface area (Å²) in [5.41, 5.74) is 0. The average Bonchev–Trinajstić information content (AvgIpc) is 2.99. The van der Waals surface area contributed by atoms with E-state index in [4.69, 9.17) is 11.6 Å². The van der Waals surface area contributed by atoms with Gasteiger partial charge in [0.2, 0.25) is 5.96 Å². The van der Waals surface area contributed by atoms with Crippen LogP contribution in [0.2, 0.25) is 4.34 Å². The summed E-state index contributed by atoms with van der Waals surface area (Å²) in [5, 5.41) is 6.25. The maximum atomic E-state index is 5.89. The number of nitrogens with one attached hydrogen (secondary N) is 1. The molecular weight excluding hydrogens is 288 g/mol. The minimum Gasteiger partial charge on any atom is -0.294 e. The lowest BCUT2D eigenvalue weighted by atomic mass is 10.1. The molecule has 1 aliphatic heterocycles. The number of hydrogen-bond acceptors (Lipinski definition) is 4. The average molecular weight is 303 g/mol. The molecule has 0 radical (unpaired) electrons. The van der Waals surface area contributed by atoms with E-state index in [2.05, 4.69) is 21.7 Å². The van der Waals surface area contributed by atoms with Gasteiger partial charge in [-0.1, -0.05) is 18.5 Å². The first-order valence-electron chi connectivity index (χ1n) is 5.69. The molecule has 0 amide bonds. The van der Waals surface area contributed by atoms with Crippen LogP contribution in [0.1, 0.15) is 13.3 Å². The highest BCUT2D eigenvalue weighted by Gasteiger charge is 2.20. The molecule has 0 spiro atoms. The molecule has 1 aromatic rings. The Labute approximate surface area is 120 Å². The smallest absolute Gasteiger partial charge is 0.225 e. The third-order valence-corrected chi connectivity index (χ3v) is 4.74. The van der Waals surface area contributed by atoms with Gasteiger partial charge in [-0.25, -0.2) is 5.01 Å². The Morgan fingerprint density at radius 2 is 2.56 bits per heavy atom. The molecule has 2 heterocycles. The van der Waals surface area contributed by atoms with Crippen LogP contribution in [-0.2, 0) is 0 Å². The van der Waals surface area contributed by atoms with Crippen LogP contribution in [0, 0.1) is 5.92 Å². The van der Waals surface area contributed by atoms with E-state index in [-0.39, 0.29) is 0 Å². The third-order valence-electron chi connectivity index (χ3n) is 2.60. The van der Waals surface area contributed by atoms with Crippen molar-refractivity contribution in [3.8, 4) is 0 Å². The second kappa shape index (κ2) is 6.45. The van der Waals surface area contributed by atoms with Gasteiger partial charge < -0.3 is 0 Å². The lowest BCUT2D eigenvalue weighted by Crippen LogP contribution is -2.34. The summed E-state index contributed by atoms with van der Waals surface area (Å²) >= 11 is 8.94. The van der Waals surface area contributed by atoms with Crippen molar-refractivity contribution < 1.29 is 0 Å². The van der Waals surface area contributed by atoms with Gasteiger partial charge in [0.15, 0.2) is 0 Å². The minimum atomic E-state index is 0.518. The van der Waals surface area contributed by atoms with Gasteiger partial charge in [0.25, 0.3) is 0 Å². The zero-order valence-electron chi connectivity index (χ0n) is 10.3. The molecule has 18 heavy (non-hydrogen) atoms. The predicted octanol–water partition coefficient (Wildman–Crippen LogP) is 3.31. The van der Waals surface area contributed by atoms with Gasteiger partial charge in [-0.2, -0.15) is 5.10 Å². The lowest BCUT2D eigenvalue weighted by Gasteiger charge is -2.17. The summed E-state index contributed by atoms with van der Waals surface area (Å²) in [6, 6.07) is 3.88. The fourth-order valence-corrected chi connectivity index (χ4v) is 3.53. The number of aliphatic imine (C=N–C) groups is 1. The van der Waals surface area contributed by atoms with E-state index in [9.17, 15) is 0 Å². The SMILES string of the molecule is CCC1C=NN(C(=NC)NSc2ccc(Cl)s2)C1. The maximum Gasteiger partial charge on any atom is 0.225 e. The maximum absolute atomic E-state index is 5.89. The van der Waals surface area contributed by atoms with Crippen LogP contribution in [0.5, 0.6) is 0 Å². The van der Waals surface area contributed by atoms with Crippen molar-refractivity contribution in [2.45, 2.75) is 17.6 Å². The highest BCUT2D eigenvalue weighted by molar-refractivity contribution is 7.99. The van der Waals surface area contributed by atoms with E-state index in [1.807, 2.05) is 23.4 Å². The normalized spacial score (nSPS) is 19.6. The molecule has 2 rings (SSSR count). The van der Waals surface area contributed by atoms with Crippen LogP contribution in [0.3, 0.4) is 0 Å². The molecule has 0 aromatic carbocycles. The Balaban J connectivity index is 1.89. The summed E-state index contributed by atoms with van der Waals surface area (Å²) in [6.07, 6.45) is 3.09. The fraction of sp³-hybridized carbons (Fsp3) is 0.455. The fourth-order valence-electron chi connectivity index (χ4n) is 1.53. The van der Waals surface area contributed by atoms with Crippen molar-refractivity contribution in [3.05, 3.63) is 16.5 Å². The van der Waals surface area contributed by atoms with Gasteiger partial charge in [-0.3, -0.25) is 9.71 Å². The van der Waals surface area contributed by atoms with Gasteiger partial charge in [0.05, 0.1) is 15.1 Å². The zero-order chi connectivity index (χ0) is 13.0. The molecule has 1 N–H and O–H groups in total. The van der Waals surface area contributed by atoms with E-state index < -0.39 is 0 Å². The second-order valence-electron chi connectivity index (χ2n) is 3.82. The molecule has 1 aliphatic rings. The molecule has 7 heteroatoms. The molecule has 0 aliphatic carbocycles. The van der Waals surface area contributed by atoms with Crippen LogP contribution < -0.4 is 4.72 Å². The molecule has 0 saturated heterocycles. The monoisotopic (exact) mass is 302 g/mol. The highest BCUT2D eigenvalue weighted by atomic mass is 35.5. The van der Waals surface area contributed by atoms with E-state index >= 15 is 0 Å². The minimum absolute atomic E-state index is 0.518. The first-order chi connectivity index (χ1) is 8.72. The second-order valence-corrected chi connectivity index (χ2v) is 6.65. The first kappa shape index (κ1) is 13.7. The van der Waals surface area contributed by atoms with Crippen LogP contribution in [0.4, 0.5) is 0 Å². The molecule has 1 unspecified atom stereocenters. The molecule has 98 valence electrons. The standard InChI is InChI=1S/C11H15ClN4S2/c1-3-8-6-14-16(7-8)11(13-2)15-18-10-5-4-9(12)17-10/h4-6,8H,3,7H2,1-2H3,(H,13,15). The Morgan fingerprint density at radius 1 is 1.72 bits per heavy atom. The van der Waals surface area contributed by atoms with E-state index in [1.54, 1.807) is 18.4 Å². The predicted molar refractivity (Wildman–Crippen MR) is 80.7 cm³/mol. The summed E-state index contributed by atoms with van der Waals surface area (Å²) < 4.78 is 5.12. The van der Waals surface area contributed by atoms with Gasteiger partial charge in [0, 0.05) is 19.2 Å². The van der Waals surface area contributed by atoms with Crippen molar-refractivity contribution >= 4 is 47.1 Å². The van der Waals surface area contributed by atoms with Crippen LogP contribution in [0.25, 0.3) is 0 Å². The van der Waals surface area contributed by atoms with Crippen molar-refractivity contribution in [1.82, 2.24) is 9.73 Å².